The van der Waals surface area contributed by atoms with Gasteiger partial charge in [-0.05, 0) is 6.92 Å². The second kappa shape index (κ2) is 3.38. The molecule has 0 spiro atoms. The molecule has 0 bridgehead atoms. The number of aliphatic hydroxyl groups excluding tert-OH is 1. The van der Waals surface area contributed by atoms with Crippen LogP contribution in [0.4, 0.5) is 0 Å². The number of hydrogen-bond donors (Lipinski definition) is 2. The molecular weight excluding hydrogens is 186 g/mol. The molecule has 0 heterocycles. The van der Waals surface area contributed by atoms with Gasteiger partial charge in [0.15, 0.2) is 5.60 Å². The van der Waals surface area contributed by atoms with Crippen molar-refractivity contribution in [1.82, 2.24) is 0 Å². The molecule has 0 aliphatic heterocycles. The highest BCUT2D eigenvalue weighted by Crippen LogP contribution is 2.11. The lowest BCUT2D eigenvalue weighted by molar-refractivity contribution is -0.134. The maximum absolute atomic E-state index is 10.6. The molecule has 0 saturated heterocycles. The lowest BCUT2D eigenvalue weighted by Crippen LogP contribution is -2.47. The van der Waals surface area contributed by atoms with Gasteiger partial charge in [0.25, 0.3) is 16.0 Å². The van der Waals surface area contributed by atoms with Crippen LogP contribution in [0, 0.1) is 0 Å². The maximum atomic E-state index is 10.6. The molecule has 0 radical (unpaired) electrons. The minimum atomic E-state index is -3.80. The first kappa shape index (κ1) is 11.3. The van der Waals surface area contributed by atoms with E-state index in [0.717, 1.165) is 13.2 Å². The Morgan fingerprint density at radius 1 is 1.67 bits per heavy atom. The molecule has 3 N–H and O–H groups in total. The zero-order valence-corrected chi connectivity index (χ0v) is 7.59. The molecule has 72 valence electrons. The van der Waals surface area contributed by atoms with Crippen LogP contribution in [-0.4, -0.2) is 37.9 Å². The van der Waals surface area contributed by atoms with Gasteiger partial charge in [0, 0.05) is 0 Å². The van der Waals surface area contributed by atoms with Crippen molar-refractivity contribution in [2.45, 2.75) is 12.5 Å². The molecule has 0 aliphatic carbocycles. The van der Waals surface area contributed by atoms with Crippen LogP contribution in [0.15, 0.2) is 0 Å². The van der Waals surface area contributed by atoms with Crippen molar-refractivity contribution < 1.29 is 22.5 Å². The Bertz CT molecular complexity index is 272. The summed E-state index contributed by atoms with van der Waals surface area (Å²) in [5.74, 6) is -1.03. The van der Waals surface area contributed by atoms with Gasteiger partial charge in [-0.3, -0.25) is 8.98 Å². The third kappa shape index (κ3) is 3.16. The van der Waals surface area contributed by atoms with Crippen molar-refractivity contribution in [2.75, 3.05) is 12.9 Å². The number of amides is 1. The number of aliphatic hydroxyl groups is 1. The summed E-state index contributed by atoms with van der Waals surface area (Å²) in [5.41, 5.74) is 2.93. The van der Waals surface area contributed by atoms with Gasteiger partial charge in [0.1, 0.15) is 0 Å². The molecule has 6 nitrogen and oxygen atoms in total. The molecule has 12 heavy (non-hydrogen) atoms. The molecule has 0 aromatic rings. The summed E-state index contributed by atoms with van der Waals surface area (Å²) in [6.07, 6.45) is 0.768. The van der Waals surface area contributed by atoms with Gasteiger partial charge in [-0.1, -0.05) is 0 Å². The molecule has 0 aromatic heterocycles. The summed E-state index contributed by atoms with van der Waals surface area (Å²) in [6.45, 7) is 0.311. The van der Waals surface area contributed by atoms with Gasteiger partial charge in [-0.25, -0.2) is 0 Å². The van der Waals surface area contributed by atoms with E-state index in [1.54, 1.807) is 0 Å². The second-order valence-corrected chi connectivity index (χ2v) is 4.12. The second-order valence-electron chi connectivity index (χ2n) is 2.54. The maximum Gasteiger partial charge on any atom is 0.265 e. The van der Waals surface area contributed by atoms with Crippen LogP contribution in [0.3, 0.4) is 0 Å². The first-order valence-electron chi connectivity index (χ1n) is 3.02. The van der Waals surface area contributed by atoms with E-state index in [1.165, 1.54) is 0 Å². The van der Waals surface area contributed by atoms with Gasteiger partial charge in [-0.15, -0.1) is 0 Å². The fourth-order valence-corrected chi connectivity index (χ4v) is 1.28. The largest absolute Gasteiger partial charge is 0.393 e. The zero-order chi connectivity index (χ0) is 9.99. The van der Waals surface area contributed by atoms with E-state index in [0.29, 0.717) is 0 Å². The highest BCUT2D eigenvalue weighted by Gasteiger charge is 2.35. The van der Waals surface area contributed by atoms with E-state index in [1.807, 2.05) is 0 Å². The predicted octanol–water partition coefficient (Wildman–Crippen LogP) is -1.80. The van der Waals surface area contributed by atoms with E-state index in [2.05, 4.69) is 4.18 Å². The van der Waals surface area contributed by atoms with Crippen LogP contribution in [0.5, 0.6) is 0 Å². The molecule has 7 heteroatoms. The molecule has 1 unspecified atom stereocenters. The van der Waals surface area contributed by atoms with Gasteiger partial charge in [0.2, 0.25) is 0 Å². The Morgan fingerprint density at radius 3 is 2.17 bits per heavy atom. The van der Waals surface area contributed by atoms with Gasteiger partial charge < -0.3 is 10.8 Å². The number of rotatable bonds is 4. The van der Waals surface area contributed by atoms with Crippen molar-refractivity contribution >= 4 is 16.0 Å². The molecule has 0 saturated carbocycles. The highest BCUT2D eigenvalue weighted by atomic mass is 32.2. The Balaban J connectivity index is 4.69. The van der Waals surface area contributed by atoms with E-state index < -0.39 is 28.2 Å². The first-order valence-corrected chi connectivity index (χ1v) is 4.84. The third-order valence-electron chi connectivity index (χ3n) is 1.16. The molecule has 1 atom stereocenters. The number of hydrogen-bond acceptors (Lipinski definition) is 5. The average molecular weight is 197 g/mol. The quantitative estimate of drug-likeness (QED) is 0.517. The van der Waals surface area contributed by atoms with Crippen molar-refractivity contribution in [3.8, 4) is 0 Å². The third-order valence-corrected chi connectivity index (χ3v) is 1.83. The molecule has 0 aromatic carbocycles. The van der Waals surface area contributed by atoms with Gasteiger partial charge in [0.05, 0.1) is 12.9 Å². The topological polar surface area (TPSA) is 107 Å². The lowest BCUT2D eigenvalue weighted by Gasteiger charge is -2.21. The smallest absolute Gasteiger partial charge is 0.265 e. The number of carbonyl (C=O) groups excluding carboxylic acids is 1. The Kier molecular flexibility index (Phi) is 3.19. The van der Waals surface area contributed by atoms with Crippen LogP contribution >= 0.6 is 0 Å². The highest BCUT2D eigenvalue weighted by molar-refractivity contribution is 7.86. The molecular formula is C5H11NO5S. The Morgan fingerprint density at radius 2 is 2.08 bits per heavy atom. The Labute approximate surface area is 70.4 Å². The molecule has 0 aliphatic rings. The molecule has 0 fully saturated rings. The molecule has 1 amide bonds. The summed E-state index contributed by atoms with van der Waals surface area (Å²) < 4.78 is 25.4. The number of nitrogens with two attached hydrogens (primary N) is 1. The van der Waals surface area contributed by atoms with Crippen molar-refractivity contribution in [3.05, 3.63) is 0 Å². The van der Waals surface area contributed by atoms with Gasteiger partial charge in [-0.2, -0.15) is 8.42 Å². The fraction of sp³-hybridized carbons (Fsp3) is 0.800. The minimum Gasteiger partial charge on any atom is -0.393 e. The first-order chi connectivity index (χ1) is 5.21. The fourth-order valence-electron chi connectivity index (χ4n) is 0.479. The monoisotopic (exact) mass is 197 g/mol. The van der Waals surface area contributed by atoms with E-state index in [-0.39, 0.29) is 0 Å². The van der Waals surface area contributed by atoms with E-state index in [4.69, 9.17) is 10.8 Å². The normalized spacial score (nSPS) is 16.9. The summed E-state index contributed by atoms with van der Waals surface area (Å²) >= 11 is 0. The van der Waals surface area contributed by atoms with E-state index >= 15 is 0 Å². The van der Waals surface area contributed by atoms with Crippen LogP contribution in [0.2, 0.25) is 0 Å². The standard InChI is InChI=1S/C5H11NO5S/c1-5(3-7,4(6)8)11-12(2,9)10/h7H,3H2,1-2H3,(H2,6,8). The van der Waals surface area contributed by atoms with Crippen molar-refractivity contribution in [1.29, 1.82) is 0 Å². The van der Waals surface area contributed by atoms with Crippen LogP contribution < -0.4 is 5.73 Å². The summed E-state index contributed by atoms with van der Waals surface area (Å²) in [6, 6.07) is 0. The average Bonchev–Trinajstić information content (AvgIpc) is 1.83. The zero-order valence-electron chi connectivity index (χ0n) is 6.77. The Hall–Kier alpha value is -0.660. The predicted molar refractivity (Wildman–Crippen MR) is 40.6 cm³/mol. The van der Waals surface area contributed by atoms with Crippen molar-refractivity contribution in [3.63, 3.8) is 0 Å². The SMILES string of the molecule is CC(CO)(OS(C)(=O)=O)C(N)=O. The molecule has 0 rings (SSSR count). The van der Waals surface area contributed by atoms with Crippen LogP contribution in [0.1, 0.15) is 6.92 Å². The van der Waals surface area contributed by atoms with Gasteiger partial charge >= 0.3 is 0 Å². The number of carbonyl (C=O) groups is 1. The lowest BCUT2D eigenvalue weighted by atomic mass is 10.1. The van der Waals surface area contributed by atoms with E-state index in [9.17, 15) is 13.2 Å². The number of primary amides is 1. The van der Waals surface area contributed by atoms with Crippen LogP contribution in [-0.2, 0) is 19.1 Å². The summed E-state index contributed by atoms with van der Waals surface area (Å²) in [7, 11) is -3.80. The minimum absolute atomic E-state index is 0.768. The summed E-state index contributed by atoms with van der Waals surface area (Å²) in [5, 5.41) is 8.63. The van der Waals surface area contributed by atoms with Crippen LogP contribution in [0.25, 0.3) is 0 Å². The van der Waals surface area contributed by atoms with Crippen molar-refractivity contribution in [2.24, 2.45) is 5.73 Å². The summed E-state index contributed by atoms with van der Waals surface area (Å²) in [4.78, 5) is 10.6.